The lowest BCUT2D eigenvalue weighted by atomic mass is 10.2. The van der Waals surface area contributed by atoms with Crippen LogP contribution in [0.4, 0.5) is 5.69 Å². The highest BCUT2D eigenvalue weighted by atomic mass is 35.5. The van der Waals surface area contributed by atoms with E-state index in [2.05, 4.69) is 10.6 Å². The Labute approximate surface area is 120 Å². The van der Waals surface area contributed by atoms with E-state index >= 15 is 0 Å². The molecule has 0 saturated heterocycles. The van der Waals surface area contributed by atoms with Crippen molar-refractivity contribution in [2.45, 2.75) is 6.54 Å². The second-order valence-electron chi connectivity index (χ2n) is 3.82. The van der Waals surface area contributed by atoms with E-state index in [0.29, 0.717) is 13.2 Å². The maximum atomic E-state index is 11.6. The molecular weight excluding hydrogens is 268 g/mol. The largest absolute Gasteiger partial charge is 0.382 e. The maximum absolute atomic E-state index is 11.6. The molecule has 0 aliphatic carbocycles. The number of rotatable bonds is 8. The molecule has 0 aromatic heterocycles. The number of hydrogen-bond donors (Lipinski definition) is 2. The van der Waals surface area contributed by atoms with E-state index in [1.165, 1.54) is 0 Å². The molecule has 0 unspecified atom stereocenters. The average Bonchev–Trinajstić information content (AvgIpc) is 2.35. The lowest BCUT2D eigenvalue weighted by Crippen LogP contribution is -2.19. The standard InChI is InChI=1S/C13H20N2O3.ClH/c1-14-9-11-4-3-5-12(8-11)15-13(16)10-18-7-6-17-2;/h3-5,8,14H,6-7,9-10H2,1-2H3,(H,15,16);1H. The topological polar surface area (TPSA) is 59.6 Å². The number of anilines is 1. The van der Waals surface area contributed by atoms with Gasteiger partial charge in [-0.2, -0.15) is 0 Å². The van der Waals surface area contributed by atoms with Gasteiger partial charge in [-0.25, -0.2) is 0 Å². The zero-order valence-electron chi connectivity index (χ0n) is 11.3. The zero-order valence-corrected chi connectivity index (χ0v) is 12.1. The van der Waals surface area contributed by atoms with E-state index in [1.54, 1.807) is 7.11 Å². The predicted molar refractivity (Wildman–Crippen MR) is 77.8 cm³/mol. The highest BCUT2D eigenvalue weighted by Crippen LogP contribution is 2.10. The number of carbonyl (C=O) groups is 1. The summed E-state index contributed by atoms with van der Waals surface area (Å²) in [5, 5.41) is 5.85. The van der Waals surface area contributed by atoms with Gasteiger partial charge in [0.1, 0.15) is 6.61 Å². The monoisotopic (exact) mass is 288 g/mol. The number of carbonyl (C=O) groups excluding carboxylic acids is 1. The van der Waals surface area contributed by atoms with Crippen LogP contribution in [0, 0.1) is 0 Å². The Morgan fingerprint density at radius 2 is 2.11 bits per heavy atom. The summed E-state index contributed by atoms with van der Waals surface area (Å²) in [4.78, 5) is 11.6. The molecule has 2 N–H and O–H groups in total. The van der Waals surface area contributed by atoms with E-state index < -0.39 is 0 Å². The number of hydrogen-bond acceptors (Lipinski definition) is 4. The second kappa shape index (κ2) is 10.8. The summed E-state index contributed by atoms with van der Waals surface area (Å²) < 4.78 is 9.96. The third-order valence-electron chi connectivity index (χ3n) is 2.26. The zero-order chi connectivity index (χ0) is 13.2. The quantitative estimate of drug-likeness (QED) is 0.711. The van der Waals surface area contributed by atoms with Crippen LogP contribution in [0.2, 0.25) is 0 Å². The minimum Gasteiger partial charge on any atom is -0.382 e. The first-order valence-electron chi connectivity index (χ1n) is 5.86. The van der Waals surface area contributed by atoms with Crippen molar-refractivity contribution in [2.24, 2.45) is 0 Å². The molecule has 19 heavy (non-hydrogen) atoms. The van der Waals surface area contributed by atoms with E-state index in [-0.39, 0.29) is 24.9 Å². The molecule has 5 nitrogen and oxygen atoms in total. The van der Waals surface area contributed by atoms with Crippen LogP contribution >= 0.6 is 12.4 Å². The molecule has 1 rings (SSSR count). The number of nitrogens with one attached hydrogen (secondary N) is 2. The van der Waals surface area contributed by atoms with Crippen LogP contribution in [0.1, 0.15) is 5.56 Å². The summed E-state index contributed by atoms with van der Waals surface area (Å²) >= 11 is 0. The molecule has 1 amide bonds. The van der Waals surface area contributed by atoms with Gasteiger partial charge in [-0.3, -0.25) is 4.79 Å². The summed E-state index contributed by atoms with van der Waals surface area (Å²) in [5.41, 5.74) is 1.90. The van der Waals surface area contributed by atoms with Crippen molar-refractivity contribution in [1.82, 2.24) is 5.32 Å². The Bertz CT molecular complexity index is 375. The smallest absolute Gasteiger partial charge is 0.250 e. The number of ether oxygens (including phenoxy) is 2. The SMILES string of the molecule is CNCc1cccc(NC(=O)COCCOC)c1.Cl. The van der Waals surface area contributed by atoms with Crippen LogP contribution in [-0.4, -0.2) is 39.9 Å². The van der Waals surface area contributed by atoms with Gasteiger partial charge in [-0.15, -0.1) is 12.4 Å². The van der Waals surface area contributed by atoms with Gasteiger partial charge >= 0.3 is 0 Å². The molecule has 0 saturated carbocycles. The van der Waals surface area contributed by atoms with E-state index in [0.717, 1.165) is 17.8 Å². The van der Waals surface area contributed by atoms with Gasteiger partial charge < -0.3 is 20.1 Å². The van der Waals surface area contributed by atoms with Gasteiger partial charge in [0, 0.05) is 19.3 Å². The third-order valence-corrected chi connectivity index (χ3v) is 2.26. The van der Waals surface area contributed by atoms with Crippen LogP contribution in [0.5, 0.6) is 0 Å². The molecule has 0 spiro atoms. The minimum absolute atomic E-state index is 0. The van der Waals surface area contributed by atoms with Gasteiger partial charge in [-0.1, -0.05) is 12.1 Å². The van der Waals surface area contributed by atoms with Crippen LogP contribution in [0.3, 0.4) is 0 Å². The first kappa shape index (κ1) is 17.9. The number of halogens is 1. The van der Waals surface area contributed by atoms with E-state index in [4.69, 9.17) is 9.47 Å². The Morgan fingerprint density at radius 1 is 1.32 bits per heavy atom. The van der Waals surface area contributed by atoms with Crippen LogP contribution in [-0.2, 0) is 20.8 Å². The third kappa shape index (κ3) is 7.79. The minimum atomic E-state index is -0.160. The van der Waals surface area contributed by atoms with Gasteiger partial charge in [-0.05, 0) is 24.7 Å². The first-order valence-corrected chi connectivity index (χ1v) is 5.86. The molecule has 1 aromatic rings. The van der Waals surface area contributed by atoms with Gasteiger partial charge in [0.2, 0.25) is 5.91 Å². The summed E-state index contributed by atoms with van der Waals surface area (Å²) in [5.74, 6) is -0.160. The number of benzene rings is 1. The molecule has 0 fully saturated rings. The molecule has 0 heterocycles. The first-order chi connectivity index (χ1) is 8.76. The maximum Gasteiger partial charge on any atom is 0.250 e. The Morgan fingerprint density at radius 3 is 2.79 bits per heavy atom. The van der Waals surface area contributed by atoms with Crippen LogP contribution in [0.15, 0.2) is 24.3 Å². The lowest BCUT2D eigenvalue weighted by molar-refractivity contribution is -0.121. The van der Waals surface area contributed by atoms with Crippen molar-refractivity contribution < 1.29 is 14.3 Å². The molecule has 0 bridgehead atoms. The fourth-order valence-electron chi connectivity index (χ4n) is 1.47. The van der Waals surface area contributed by atoms with Crippen LogP contribution in [0.25, 0.3) is 0 Å². The van der Waals surface area contributed by atoms with Crippen molar-refractivity contribution >= 4 is 24.0 Å². The number of methoxy groups -OCH3 is 1. The van der Waals surface area contributed by atoms with Gasteiger partial charge in [0.05, 0.1) is 13.2 Å². The molecule has 0 radical (unpaired) electrons. The molecule has 0 aliphatic heterocycles. The highest BCUT2D eigenvalue weighted by Gasteiger charge is 2.02. The van der Waals surface area contributed by atoms with Crippen molar-refractivity contribution in [2.75, 3.05) is 39.3 Å². The fraction of sp³-hybridized carbons (Fsp3) is 0.462. The van der Waals surface area contributed by atoms with Crippen molar-refractivity contribution in [3.05, 3.63) is 29.8 Å². The molecule has 0 atom stereocenters. The second-order valence-corrected chi connectivity index (χ2v) is 3.82. The van der Waals surface area contributed by atoms with Gasteiger partial charge in [0.25, 0.3) is 0 Å². The Hall–Kier alpha value is -1.14. The van der Waals surface area contributed by atoms with Crippen molar-refractivity contribution in [3.8, 4) is 0 Å². The molecule has 108 valence electrons. The highest BCUT2D eigenvalue weighted by molar-refractivity contribution is 5.91. The predicted octanol–water partition coefficient (Wildman–Crippen LogP) is 1.43. The summed E-state index contributed by atoms with van der Waals surface area (Å²) in [6, 6.07) is 7.70. The normalized spacial score (nSPS) is 9.79. The molecule has 1 aromatic carbocycles. The van der Waals surface area contributed by atoms with Gasteiger partial charge in [0.15, 0.2) is 0 Å². The summed E-state index contributed by atoms with van der Waals surface area (Å²) in [6.45, 7) is 1.72. The molecule has 6 heteroatoms. The fourth-order valence-corrected chi connectivity index (χ4v) is 1.47. The molecular formula is C13H21ClN2O3. The van der Waals surface area contributed by atoms with E-state index in [9.17, 15) is 4.79 Å². The summed E-state index contributed by atoms with van der Waals surface area (Å²) in [6.07, 6.45) is 0. The van der Waals surface area contributed by atoms with Crippen LogP contribution < -0.4 is 10.6 Å². The average molecular weight is 289 g/mol. The van der Waals surface area contributed by atoms with Crippen molar-refractivity contribution in [3.63, 3.8) is 0 Å². The van der Waals surface area contributed by atoms with E-state index in [1.807, 2.05) is 31.3 Å². The number of amides is 1. The Balaban J connectivity index is 0.00000324. The lowest BCUT2D eigenvalue weighted by Gasteiger charge is -2.07. The Kier molecular flexibility index (Phi) is 10.1. The van der Waals surface area contributed by atoms with Crippen molar-refractivity contribution in [1.29, 1.82) is 0 Å². The summed E-state index contributed by atoms with van der Waals surface area (Å²) in [7, 11) is 3.48. The molecule has 0 aliphatic rings.